The van der Waals surface area contributed by atoms with E-state index in [9.17, 15) is 14.8 Å². The fourth-order valence-electron chi connectivity index (χ4n) is 2.32. The third kappa shape index (κ3) is 3.14. The van der Waals surface area contributed by atoms with Crippen LogP contribution in [0, 0.1) is 5.21 Å². The zero-order chi connectivity index (χ0) is 18.7. The van der Waals surface area contributed by atoms with Crippen molar-refractivity contribution in [1.29, 1.82) is 0 Å². The SMILES string of the molecule is COC(=O)c1c(COC(=O)c2ccco2)nc2ccc(OC)cc2[n+]1[O-]. The lowest BCUT2D eigenvalue weighted by molar-refractivity contribution is -0.581. The summed E-state index contributed by atoms with van der Waals surface area (Å²) in [6.45, 7) is -0.409. The maximum atomic E-state index is 12.7. The molecule has 0 fully saturated rings. The van der Waals surface area contributed by atoms with Crippen LogP contribution in [0.3, 0.4) is 0 Å². The number of hydrogen-bond donors (Lipinski definition) is 0. The van der Waals surface area contributed by atoms with E-state index in [2.05, 4.69) is 9.72 Å². The summed E-state index contributed by atoms with van der Waals surface area (Å²) in [6, 6.07) is 7.58. The molecular formula is C17H14N2O7. The number of rotatable bonds is 5. The van der Waals surface area contributed by atoms with E-state index >= 15 is 0 Å². The molecular weight excluding hydrogens is 344 g/mol. The van der Waals surface area contributed by atoms with Crippen molar-refractivity contribution in [3.05, 3.63) is 59.0 Å². The van der Waals surface area contributed by atoms with E-state index in [1.54, 1.807) is 12.1 Å². The number of benzene rings is 1. The first-order valence-corrected chi connectivity index (χ1v) is 7.44. The Morgan fingerprint density at radius 2 is 2.04 bits per heavy atom. The quantitative estimate of drug-likeness (QED) is 0.384. The molecule has 0 aliphatic rings. The summed E-state index contributed by atoms with van der Waals surface area (Å²) < 4.78 is 20.1. The molecule has 0 N–H and O–H groups in total. The number of furan rings is 1. The highest BCUT2D eigenvalue weighted by molar-refractivity contribution is 5.89. The van der Waals surface area contributed by atoms with E-state index < -0.39 is 18.5 Å². The molecule has 9 nitrogen and oxygen atoms in total. The molecule has 0 radical (unpaired) electrons. The van der Waals surface area contributed by atoms with Crippen molar-refractivity contribution in [2.45, 2.75) is 6.61 Å². The minimum Gasteiger partial charge on any atom is -0.618 e. The van der Waals surface area contributed by atoms with Crippen LogP contribution in [-0.2, 0) is 16.1 Å². The number of aromatic nitrogens is 2. The summed E-state index contributed by atoms with van der Waals surface area (Å²) in [5.41, 5.74) is 0.00767. The molecule has 0 aliphatic carbocycles. The maximum Gasteiger partial charge on any atom is 0.406 e. The Kier molecular flexibility index (Phi) is 4.70. The average Bonchev–Trinajstić information content (AvgIpc) is 3.20. The molecule has 0 unspecified atom stereocenters. The smallest absolute Gasteiger partial charge is 0.406 e. The first-order chi connectivity index (χ1) is 12.5. The molecule has 3 rings (SSSR count). The highest BCUT2D eigenvalue weighted by atomic mass is 16.5. The van der Waals surface area contributed by atoms with Gasteiger partial charge in [-0.1, -0.05) is 0 Å². The van der Waals surface area contributed by atoms with E-state index in [1.807, 2.05) is 0 Å². The van der Waals surface area contributed by atoms with E-state index in [1.165, 1.54) is 31.6 Å². The number of carbonyl (C=O) groups is 2. The number of ether oxygens (including phenoxy) is 3. The van der Waals surface area contributed by atoms with Crippen LogP contribution < -0.4 is 9.47 Å². The van der Waals surface area contributed by atoms with Crippen molar-refractivity contribution in [1.82, 2.24) is 4.98 Å². The van der Waals surface area contributed by atoms with Gasteiger partial charge in [0.2, 0.25) is 11.3 Å². The van der Waals surface area contributed by atoms with Gasteiger partial charge in [0.05, 0.1) is 26.5 Å². The number of fused-ring (bicyclic) bond motifs is 1. The van der Waals surface area contributed by atoms with Crippen LogP contribution in [0.2, 0.25) is 0 Å². The van der Waals surface area contributed by atoms with E-state index in [0.29, 0.717) is 16.0 Å². The lowest BCUT2D eigenvalue weighted by Crippen LogP contribution is -2.38. The second-order valence-corrected chi connectivity index (χ2v) is 5.10. The van der Waals surface area contributed by atoms with Gasteiger partial charge in [0.15, 0.2) is 5.69 Å². The number of methoxy groups -OCH3 is 2. The van der Waals surface area contributed by atoms with Gasteiger partial charge in [-0.05, 0) is 24.3 Å². The summed E-state index contributed by atoms with van der Waals surface area (Å²) in [6.07, 6.45) is 1.32. The molecule has 0 spiro atoms. The van der Waals surface area contributed by atoms with Crippen molar-refractivity contribution in [3.63, 3.8) is 0 Å². The molecule has 134 valence electrons. The fraction of sp³-hybridized carbons (Fsp3) is 0.176. The Labute approximate surface area is 147 Å². The van der Waals surface area contributed by atoms with Gasteiger partial charge in [-0.3, -0.25) is 0 Å². The Morgan fingerprint density at radius 3 is 2.69 bits per heavy atom. The van der Waals surface area contributed by atoms with Crippen LogP contribution in [0.15, 0.2) is 41.0 Å². The molecule has 2 aromatic heterocycles. The monoisotopic (exact) mass is 358 g/mol. The summed E-state index contributed by atoms with van der Waals surface area (Å²) in [7, 11) is 2.59. The molecule has 2 heterocycles. The zero-order valence-corrected chi connectivity index (χ0v) is 13.9. The Morgan fingerprint density at radius 1 is 1.23 bits per heavy atom. The molecule has 3 aromatic rings. The second-order valence-electron chi connectivity index (χ2n) is 5.10. The average molecular weight is 358 g/mol. The van der Waals surface area contributed by atoms with Gasteiger partial charge >= 0.3 is 17.6 Å². The van der Waals surface area contributed by atoms with Gasteiger partial charge in [-0.15, -0.1) is 0 Å². The van der Waals surface area contributed by atoms with Crippen LogP contribution in [0.4, 0.5) is 0 Å². The topological polar surface area (TPSA) is 115 Å². The zero-order valence-electron chi connectivity index (χ0n) is 13.9. The van der Waals surface area contributed by atoms with Crippen LogP contribution >= 0.6 is 0 Å². The molecule has 0 atom stereocenters. The molecule has 1 aromatic carbocycles. The summed E-state index contributed by atoms with van der Waals surface area (Å²) in [5.74, 6) is -1.23. The van der Waals surface area contributed by atoms with Crippen LogP contribution in [0.25, 0.3) is 11.0 Å². The van der Waals surface area contributed by atoms with E-state index in [0.717, 1.165) is 7.11 Å². The maximum absolute atomic E-state index is 12.7. The highest BCUT2D eigenvalue weighted by Crippen LogP contribution is 2.19. The lowest BCUT2D eigenvalue weighted by Gasteiger charge is -2.11. The normalized spacial score (nSPS) is 10.5. The van der Waals surface area contributed by atoms with Gasteiger partial charge in [-0.25, -0.2) is 14.6 Å². The third-order valence-electron chi connectivity index (χ3n) is 3.57. The van der Waals surface area contributed by atoms with E-state index in [-0.39, 0.29) is 22.7 Å². The first-order valence-electron chi connectivity index (χ1n) is 7.44. The van der Waals surface area contributed by atoms with Crippen molar-refractivity contribution in [2.24, 2.45) is 0 Å². The number of hydrogen-bond acceptors (Lipinski definition) is 8. The highest BCUT2D eigenvalue weighted by Gasteiger charge is 2.28. The number of carbonyl (C=O) groups excluding carboxylic acids is 2. The minimum atomic E-state index is -0.902. The van der Waals surface area contributed by atoms with Gasteiger partial charge in [-0.2, -0.15) is 4.73 Å². The van der Waals surface area contributed by atoms with Crippen molar-refractivity contribution in [2.75, 3.05) is 14.2 Å². The summed E-state index contributed by atoms with van der Waals surface area (Å²) in [4.78, 5) is 28.2. The molecule has 0 amide bonds. The molecule has 0 saturated heterocycles. The lowest BCUT2D eigenvalue weighted by atomic mass is 10.2. The van der Waals surface area contributed by atoms with Crippen LogP contribution in [-0.4, -0.2) is 31.1 Å². The number of esters is 2. The molecule has 9 heteroatoms. The standard InChI is InChI=1S/C17H14N2O7/c1-23-10-5-6-11-13(8-10)19(22)15(17(21)24-2)12(18-11)9-26-16(20)14-4-3-7-25-14/h3-8H,9H2,1-2H3. The predicted octanol–water partition coefficient (Wildman–Crippen LogP) is 1.61. The molecule has 26 heavy (non-hydrogen) atoms. The van der Waals surface area contributed by atoms with Crippen LogP contribution in [0.1, 0.15) is 26.7 Å². The Bertz CT molecular complexity index is 967. The van der Waals surface area contributed by atoms with Gasteiger partial charge in [0.25, 0.3) is 0 Å². The minimum absolute atomic E-state index is 0.00913. The molecule has 0 bridgehead atoms. The molecule has 0 aliphatic heterocycles. The van der Waals surface area contributed by atoms with Crippen molar-refractivity contribution >= 4 is 23.0 Å². The van der Waals surface area contributed by atoms with Crippen molar-refractivity contribution in [3.8, 4) is 5.75 Å². The first kappa shape index (κ1) is 17.2. The second kappa shape index (κ2) is 7.09. The van der Waals surface area contributed by atoms with Gasteiger partial charge < -0.3 is 23.8 Å². The largest absolute Gasteiger partial charge is 0.618 e. The fourth-order valence-corrected chi connectivity index (χ4v) is 2.32. The summed E-state index contributed by atoms with van der Waals surface area (Å²) >= 11 is 0. The number of nitrogens with zero attached hydrogens (tertiary/aromatic N) is 2. The molecule has 0 saturated carbocycles. The third-order valence-corrected chi connectivity index (χ3v) is 3.57. The van der Waals surface area contributed by atoms with Crippen molar-refractivity contribution < 1.29 is 32.9 Å². The Hall–Kier alpha value is -3.62. The summed E-state index contributed by atoms with van der Waals surface area (Å²) in [5, 5.41) is 12.7. The predicted molar refractivity (Wildman–Crippen MR) is 86.4 cm³/mol. The Balaban J connectivity index is 2.02. The van der Waals surface area contributed by atoms with Crippen LogP contribution in [0.5, 0.6) is 5.75 Å². The van der Waals surface area contributed by atoms with Gasteiger partial charge in [0.1, 0.15) is 17.9 Å². The van der Waals surface area contributed by atoms with E-state index in [4.69, 9.17) is 13.9 Å². The van der Waals surface area contributed by atoms with Gasteiger partial charge in [0, 0.05) is 0 Å².